The maximum Gasteiger partial charge on any atom is 0.128 e. The molecular weight excluding hydrogens is 262 g/mol. The molecule has 1 aromatic rings. The first-order valence-electron chi connectivity index (χ1n) is 8.23. The first-order chi connectivity index (χ1) is 10.0. The van der Waals surface area contributed by atoms with E-state index in [4.69, 9.17) is 15.2 Å². The zero-order valence-electron chi connectivity index (χ0n) is 13.7. The van der Waals surface area contributed by atoms with Gasteiger partial charge in [-0.25, -0.2) is 0 Å². The molecular formula is C18H29NO2. The summed E-state index contributed by atoms with van der Waals surface area (Å²) in [6.07, 6.45) is 7.10. The van der Waals surface area contributed by atoms with Crippen LogP contribution in [0.5, 0.6) is 11.5 Å². The van der Waals surface area contributed by atoms with Crippen molar-refractivity contribution in [2.45, 2.75) is 70.9 Å². The summed E-state index contributed by atoms with van der Waals surface area (Å²) >= 11 is 0. The maximum atomic E-state index is 6.22. The number of hydrogen-bond acceptors (Lipinski definition) is 3. The van der Waals surface area contributed by atoms with Gasteiger partial charge in [0.05, 0.1) is 6.61 Å². The zero-order valence-corrected chi connectivity index (χ0v) is 13.7. The fourth-order valence-corrected chi connectivity index (χ4v) is 2.87. The van der Waals surface area contributed by atoms with Crippen molar-refractivity contribution in [3.63, 3.8) is 0 Å². The van der Waals surface area contributed by atoms with E-state index >= 15 is 0 Å². The van der Waals surface area contributed by atoms with Crippen molar-refractivity contribution in [2.75, 3.05) is 6.61 Å². The third-order valence-corrected chi connectivity index (χ3v) is 4.00. The lowest BCUT2D eigenvalue weighted by molar-refractivity contribution is 0.0724. The molecule has 3 heteroatoms. The number of fused-ring (bicyclic) bond motifs is 1. The standard InChI is InChI=1S/C18H29NO2/c1-4-5-6-7-8-11-20-14-9-10-15-16(19)13-18(2,3)21-17(15)12-14/h9-10,12,16H,4-8,11,13,19H2,1-3H3. The van der Waals surface area contributed by atoms with E-state index in [1.165, 1.54) is 25.7 Å². The summed E-state index contributed by atoms with van der Waals surface area (Å²) in [6, 6.07) is 6.09. The molecule has 1 aliphatic heterocycles. The molecule has 1 atom stereocenters. The quantitative estimate of drug-likeness (QED) is 0.747. The van der Waals surface area contributed by atoms with Gasteiger partial charge in [0.1, 0.15) is 17.1 Å². The van der Waals surface area contributed by atoms with Crippen LogP contribution < -0.4 is 15.2 Å². The molecule has 0 aromatic heterocycles. The van der Waals surface area contributed by atoms with Crippen molar-refractivity contribution in [1.29, 1.82) is 0 Å². The van der Waals surface area contributed by atoms with Gasteiger partial charge in [0, 0.05) is 24.1 Å². The Morgan fingerprint density at radius 2 is 2.00 bits per heavy atom. The largest absolute Gasteiger partial charge is 0.493 e. The van der Waals surface area contributed by atoms with Crippen LogP contribution in [-0.4, -0.2) is 12.2 Å². The van der Waals surface area contributed by atoms with Crippen LogP contribution in [0.3, 0.4) is 0 Å². The van der Waals surface area contributed by atoms with Crippen molar-refractivity contribution in [3.05, 3.63) is 23.8 Å². The molecule has 0 saturated carbocycles. The Bertz CT molecular complexity index is 457. The second-order valence-corrected chi connectivity index (χ2v) is 6.63. The molecule has 118 valence electrons. The highest BCUT2D eigenvalue weighted by Crippen LogP contribution is 2.39. The third-order valence-electron chi connectivity index (χ3n) is 4.00. The van der Waals surface area contributed by atoms with Crippen LogP contribution in [0, 0.1) is 0 Å². The van der Waals surface area contributed by atoms with E-state index in [0.29, 0.717) is 0 Å². The summed E-state index contributed by atoms with van der Waals surface area (Å²) in [5, 5.41) is 0. The lowest BCUT2D eigenvalue weighted by Crippen LogP contribution is -2.37. The molecule has 21 heavy (non-hydrogen) atoms. The average Bonchev–Trinajstić information content (AvgIpc) is 2.41. The molecule has 1 aromatic carbocycles. The molecule has 0 bridgehead atoms. The average molecular weight is 291 g/mol. The van der Waals surface area contributed by atoms with E-state index in [9.17, 15) is 0 Å². The molecule has 2 rings (SSSR count). The minimum atomic E-state index is -0.203. The molecule has 3 nitrogen and oxygen atoms in total. The Hall–Kier alpha value is -1.22. The molecule has 1 heterocycles. The Morgan fingerprint density at radius 3 is 2.76 bits per heavy atom. The number of hydrogen-bond donors (Lipinski definition) is 1. The molecule has 0 aliphatic carbocycles. The van der Waals surface area contributed by atoms with Crippen molar-refractivity contribution in [3.8, 4) is 11.5 Å². The first kappa shape index (κ1) is 16.2. The van der Waals surface area contributed by atoms with Crippen LogP contribution in [0.15, 0.2) is 18.2 Å². The van der Waals surface area contributed by atoms with Crippen molar-refractivity contribution < 1.29 is 9.47 Å². The van der Waals surface area contributed by atoms with E-state index in [1.54, 1.807) is 0 Å². The van der Waals surface area contributed by atoms with Crippen LogP contribution >= 0.6 is 0 Å². The minimum Gasteiger partial charge on any atom is -0.493 e. The lowest BCUT2D eigenvalue weighted by Gasteiger charge is -2.36. The van der Waals surface area contributed by atoms with Gasteiger partial charge in [-0.2, -0.15) is 0 Å². The molecule has 1 unspecified atom stereocenters. The highest BCUT2D eigenvalue weighted by Gasteiger charge is 2.31. The van der Waals surface area contributed by atoms with Gasteiger partial charge in [0.15, 0.2) is 0 Å². The highest BCUT2D eigenvalue weighted by atomic mass is 16.5. The van der Waals surface area contributed by atoms with Gasteiger partial charge >= 0.3 is 0 Å². The Balaban J connectivity index is 1.89. The van der Waals surface area contributed by atoms with E-state index in [2.05, 4.69) is 20.8 Å². The van der Waals surface area contributed by atoms with Gasteiger partial charge in [-0.1, -0.05) is 38.7 Å². The minimum absolute atomic E-state index is 0.0480. The van der Waals surface area contributed by atoms with E-state index in [0.717, 1.165) is 36.5 Å². The van der Waals surface area contributed by atoms with Crippen molar-refractivity contribution in [2.24, 2.45) is 5.73 Å². The van der Waals surface area contributed by atoms with Crippen molar-refractivity contribution >= 4 is 0 Å². The zero-order chi connectivity index (χ0) is 15.3. The highest BCUT2D eigenvalue weighted by molar-refractivity contribution is 5.44. The first-order valence-corrected chi connectivity index (χ1v) is 8.23. The van der Waals surface area contributed by atoms with Crippen LogP contribution in [0.25, 0.3) is 0 Å². The summed E-state index contributed by atoms with van der Waals surface area (Å²) in [5.41, 5.74) is 7.10. The van der Waals surface area contributed by atoms with Gasteiger partial charge in [0.2, 0.25) is 0 Å². The molecule has 0 spiro atoms. The van der Waals surface area contributed by atoms with Gasteiger partial charge in [0.25, 0.3) is 0 Å². The topological polar surface area (TPSA) is 44.5 Å². The van der Waals surface area contributed by atoms with E-state index in [1.807, 2.05) is 18.2 Å². The summed E-state index contributed by atoms with van der Waals surface area (Å²) in [5.74, 6) is 1.76. The molecule has 0 radical (unpaired) electrons. The summed E-state index contributed by atoms with van der Waals surface area (Å²) in [6.45, 7) is 7.17. The monoisotopic (exact) mass is 291 g/mol. The number of unbranched alkanes of at least 4 members (excludes halogenated alkanes) is 4. The molecule has 0 amide bonds. The second kappa shape index (κ2) is 7.17. The Morgan fingerprint density at radius 1 is 1.24 bits per heavy atom. The predicted molar refractivity (Wildman–Crippen MR) is 86.9 cm³/mol. The van der Waals surface area contributed by atoms with Crippen LogP contribution in [0.2, 0.25) is 0 Å². The number of ether oxygens (including phenoxy) is 2. The normalized spacial score (nSPS) is 19.7. The fraction of sp³-hybridized carbons (Fsp3) is 0.667. The summed E-state index contributed by atoms with van der Waals surface area (Å²) < 4.78 is 11.9. The smallest absolute Gasteiger partial charge is 0.128 e. The van der Waals surface area contributed by atoms with Crippen LogP contribution in [0.4, 0.5) is 0 Å². The molecule has 0 saturated heterocycles. The summed E-state index contributed by atoms with van der Waals surface area (Å²) in [4.78, 5) is 0. The fourth-order valence-electron chi connectivity index (χ4n) is 2.87. The molecule has 0 fully saturated rings. The number of nitrogens with two attached hydrogens (primary N) is 1. The molecule has 1 aliphatic rings. The van der Waals surface area contributed by atoms with E-state index < -0.39 is 0 Å². The van der Waals surface area contributed by atoms with Gasteiger partial charge in [-0.05, 0) is 26.3 Å². The third kappa shape index (κ3) is 4.63. The maximum absolute atomic E-state index is 6.22. The van der Waals surface area contributed by atoms with Crippen LogP contribution in [-0.2, 0) is 0 Å². The van der Waals surface area contributed by atoms with Gasteiger partial charge in [-0.3, -0.25) is 0 Å². The summed E-state index contributed by atoms with van der Waals surface area (Å²) in [7, 11) is 0. The van der Waals surface area contributed by atoms with Gasteiger partial charge in [-0.15, -0.1) is 0 Å². The number of benzene rings is 1. The molecule has 2 N–H and O–H groups in total. The van der Waals surface area contributed by atoms with Crippen molar-refractivity contribution in [1.82, 2.24) is 0 Å². The lowest BCUT2D eigenvalue weighted by atomic mass is 9.90. The second-order valence-electron chi connectivity index (χ2n) is 6.63. The predicted octanol–water partition coefficient (Wildman–Crippen LogP) is 4.60. The van der Waals surface area contributed by atoms with E-state index in [-0.39, 0.29) is 11.6 Å². The Labute approximate surface area is 128 Å². The SMILES string of the molecule is CCCCCCCOc1ccc2c(c1)OC(C)(C)CC2N. The van der Waals surface area contributed by atoms with Gasteiger partial charge < -0.3 is 15.2 Å². The van der Waals surface area contributed by atoms with Crippen LogP contribution in [0.1, 0.15) is 70.9 Å². The Kier molecular flexibility index (Phi) is 5.51. The number of rotatable bonds is 7.